The molecule has 2 heterocycles. The molecule has 0 radical (unpaired) electrons. The molecule has 7 nitrogen and oxygen atoms in total. The highest BCUT2D eigenvalue weighted by Crippen LogP contribution is 2.34. The number of para-hydroxylation sites is 1. The number of carbonyl (C=O) groups excluding carboxylic acids is 2. The molecule has 2 atom stereocenters. The lowest BCUT2D eigenvalue weighted by Crippen LogP contribution is -2.45. The number of likely N-dealkylation sites (tertiary alicyclic amines) is 2. The first-order valence-corrected chi connectivity index (χ1v) is 10.3. The van der Waals surface area contributed by atoms with Gasteiger partial charge in [0.25, 0.3) is 0 Å². The third kappa shape index (κ3) is 5.01. The molecule has 0 aliphatic carbocycles. The van der Waals surface area contributed by atoms with E-state index in [0.29, 0.717) is 30.6 Å². The van der Waals surface area contributed by atoms with E-state index in [1.54, 1.807) is 21.3 Å². The van der Waals surface area contributed by atoms with Crippen molar-refractivity contribution in [3.8, 4) is 11.5 Å². The molecule has 2 aliphatic rings. The van der Waals surface area contributed by atoms with Gasteiger partial charge >= 0.3 is 0 Å². The minimum atomic E-state index is 0.0449. The van der Waals surface area contributed by atoms with Crippen LogP contribution in [0, 0.1) is 11.8 Å². The number of methoxy groups -OCH3 is 3. The van der Waals surface area contributed by atoms with Gasteiger partial charge in [0.05, 0.1) is 14.2 Å². The first kappa shape index (κ1) is 21.4. The Morgan fingerprint density at radius 3 is 2.62 bits per heavy atom. The fourth-order valence-electron chi connectivity index (χ4n) is 4.56. The summed E-state index contributed by atoms with van der Waals surface area (Å²) in [5.74, 6) is 2.45. The van der Waals surface area contributed by atoms with Crippen molar-refractivity contribution >= 4 is 11.8 Å². The number of rotatable bonds is 7. The molecule has 2 amide bonds. The second-order valence-corrected chi connectivity index (χ2v) is 7.86. The fraction of sp³-hybridized carbons (Fsp3) is 0.636. The minimum Gasteiger partial charge on any atom is -0.493 e. The zero-order valence-electron chi connectivity index (χ0n) is 17.7. The average molecular weight is 405 g/mol. The van der Waals surface area contributed by atoms with Crippen LogP contribution in [0.25, 0.3) is 0 Å². The summed E-state index contributed by atoms with van der Waals surface area (Å²) in [6.07, 6.45) is 3.12. The summed E-state index contributed by atoms with van der Waals surface area (Å²) < 4.78 is 15.9. The molecule has 2 fully saturated rings. The van der Waals surface area contributed by atoms with Gasteiger partial charge in [-0.15, -0.1) is 0 Å². The molecule has 0 spiro atoms. The number of benzene rings is 1. The van der Waals surface area contributed by atoms with Gasteiger partial charge in [-0.05, 0) is 42.7 Å². The van der Waals surface area contributed by atoms with Crippen molar-refractivity contribution in [2.24, 2.45) is 11.8 Å². The first-order chi connectivity index (χ1) is 14.1. The monoisotopic (exact) mass is 404 g/mol. The summed E-state index contributed by atoms with van der Waals surface area (Å²) in [6.45, 7) is 2.98. The van der Waals surface area contributed by atoms with E-state index in [-0.39, 0.29) is 18.4 Å². The highest BCUT2D eigenvalue weighted by Gasteiger charge is 2.36. The summed E-state index contributed by atoms with van der Waals surface area (Å²) in [5.41, 5.74) is 1.04. The van der Waals surface area contributed by atoms with Gasteiger partial charge in [-0.1, -0.05) is 12.1 Å². The Morgan fingerprint density at radius 2 is 1.90 bits per heavy atom. The Bertz CT molecular complexity index is 723. The number of piperidine rings is 1. The van der Waals surface area contributed by atoms with Crippen molar-refractivity contribution in [2.45, 2.75) is 25.7 Å². The van der Waals surface area contributed by atoms with Crippen LogP contribution >= 0.6 is 0 Å². The Balaban J connectivity index is 1.61. The van der Waals surface area contributed by atoms with Crippen LogP contribution in [-0.2, 0) is 20.7 Å². The van der Waals surface area contributed by atoms with Crippen LogP contribution in [0.5, 0.6) is 11.5 Å². The van der Waals surface area contributed by atoms with Gasteiger partial charge in [0, 0.05) is 39.7 Å². The molecule has 160 valence electrons. The normalized spacial score (nSPS) is 22.1. The van der Waals surface area contributed by atoms with Gasteiger partial charge < -0.3 is 24.0 Å². The molecular weight excluding hydrogens is 372 g/mol. The molecule has 2 aliphatic heterocycles. The topological polar surface area (TPSA) is 68.3 Å². The lowest BCUT2D eigenvalue weighted by atomic mass is 9.82. The molecule has 0 bridgehead atoms. The minimum absolute atomic E-state index is 0.0449. The molecule has 2 saturated heterocycles. The second-order valence-electron chi connectivity index (χ2n) is 7.86. The first-order valence-electron chi connectivity index (χ1n) is 10.3. The van der Waals surface area contributed by atoms with Crippen LogP contribution in [-0.4, -0.2) is 75.7 Å². The van der Waals surface area contributed by atoms with E-state index in [4.69, 9.17) is 14.2 Å². The van der Waals surface area contributed by atoms with Crippen LogP contribution in [0.1, 0.15) is 24.8 Å². The maximum absolute atomic E-state index is 12.9. The summed E-state index contributed by atoms with van der Waals surface area (Å²) in [7, 11) is 4.81. The van der Waals surface area contributed by atoms with Gasteiger partial charge in [0.15, 0.2) is 11.5 Å². The van der Waals surface area contributed by atoms with Crippen molar-refractivity contribution in [3.63, 3.8) is 0 Å². The standard InChI is InChI=1S/C22H32N2O5/c1-27-15-21(26)24-12-8-17-13-20(25)23(11-9-18(17)14-24)10-7-16-5-4-6-19(28-2)22(16)29-3/h4-6,17-18H,7-15H2,1-3H3/t17-,18+/m1/s1. The molecular formula is C22H32N2O5. The quantitative estimate of drug-likeness (QED) is 0.695. The number of amides is 2. The lowest BCUT2D eigenvalue weighted by molar-refractivity contribution is -0.138. The molecule has 1 aromatic rings. The predicted octanol–water partition coefficient (Wildman–Crippen LogP) is 1.98. The number of ether oxygens (including phenoxy) is 3. The maximum Gasteiger partial charge on any atom is 0.248 e. The third-order valence-corrected chi connectivity index (χ3v) is 6.21. The van der Waals surface area contributed by atoms with E-state index >= 15 is 0 Å². The van der Waals surface area contributed by atoms with Crippen molar-refractivity contribution in [1.82, 2.24) is 9.80 Å². The summed E-state index contributed by atoms with van der Waals surface area (Å²) in [4.78, 5) is 28.9. The molecule has 1 aromatic carbocycles. The van der Waals surface area contributed by atoms with Crippen LogP contribution in [0.2, 0.25) is 0 Å². The molecule has 0 unspecified atom stereocenters. The van der Waals surface area contributed by atoms with E-state index in [2.05, 4.69) is 0 Å². The molecule has 3 rings (SSSR count). The second kappa shape index (κ2) is 9.96. The van der Waals surface area contributed by atoms with E-state index in [1.807, 2.05) is 28.0 Å². The number of nitrogens with zero attached hydrogens (tertiary/aromatic N) is 2. The SMILES string of the molecule is COCC(=O)N1CC[C@@H]2CC(=O)N(CCc3cccc(OC)c3OC)CC[C@H]2C1. The van der Waals surface area contributed by atoms with Crippen molar-refractivity contribution in [3.05, 3.63) is 23.8 Å². The number of fused-ring (bicyclic) bond motifs is 1. The van der Waals surface area contributed by atoms with Crippen LogP contribution in [0.4, 0.5) is 0 Å². The summed E-state index contributed by atoms with van der Waals surface area (Å²) in [6, 6.07) is 5.84. The third-order valence-electron chi connectivity index (χ3n) is 6.21. The average Bonchev–Trinajstić information content (AvgIpc) is 2.89. The van der Waals surface area contributed by atoms with Gasteiger partial charge in [-0.25, -0.2) is 0 Å². The molecule has 0 N–H and O–H groups in total. The van der Waals surface area contributed by atoms with Gasteiger partial charge in [0.1, 0.15) is 6.61 Å². The van der Waals surface area contributed by atoms with Crippen LogP contribution in [0.15, 0.2) is 18.2 Å². The van der Waals surface area contributed by atoms with E-state index < -0.39 is 0 Å². The number of carbonyl (C=O) groups is 2. The van der Waals surface area contributed by atoms with Gasteiger partial charge in [0.2, 0.25) is 11.8 Å². The molecule has 0 aromatic heterocycles. The van der Waals surface area contributed by atoms with Gasteiger partial charge in [-0.3, -0.25) is 9.59 Å². The van der Waals surface area contributed by atoms with E-state index in [9.17, 15) is 9.59 Å². The number of hydrogen-bond acceptors (Lipinski definition) is 5. The van der Waals surface area contributed by atoms with Crippen LogP contribution < -0.4 is 9.47 Å². The van der Waals surface area contributed by atoms with Crippen molar-refractivity contribution < 1.29 is 23.8 Å². The Hall–Kier alpha value is -2.28. The molecule has 7 heteroatoms. The fourth-order valence-corrected chi connectivity index (χ4v) is 4.56. The lowest BCUT2D eigenvalue weighted by Gasteiger charge is -2.37. The highest BCUT2D eigenvalue weighted by molar-refractivity contribution is 5.78. The highest BCUT2D eigenvalue weighted by atomic mass is 16.5. The zero-order valence-corrected chi connectivity index (χ0v) is 17.7. The zero-order chi connectivity index (χ0) is 20.8. The van der Waals surface area contributed by atoms with E-state index in [0.717, 1.165) is 50.2 Å². The number of hydrogen-bond donors (Lipinski definition) is 0. The Labute approximate surface area is 172 Å². The van der Waals surface area contributed by atoms with E-state index in [1.165, 1.54) is 0 Å². The Kier molecular flexibility index (Phi) is 7.36. The molecule has 29 heavy (non-hydrogen) atoms. The largest absolute Gasteiger partial charge is 0.493 e. The maximum atomic E-state index is 12.9. The molecule has 0 saturated carbocycles. The van der Waals surface area contributed by atoms with Crippen LogP contribution in [0.3, 0.4) is 0 Å². The van der Waals surface area contributed by atoms with Gasteiger partial charge in [-0.2, -0.15) is 0 Å². The summed E-state index contributed by atoms with van der Waals surface area (Å²) >= 11 is 0. The Morgan fingerprint density at radius 1 is 1.10 bits per heavy atom. The van der Waals surface area contributed by atoms with Crippen molar-refractivity contribution in [1.29, 1.82) is 0 Å². The van der Waals surface area contributed by atoms with Crippen molar-refractivity contribution in [2.75, 3.05) is 54.1 Å². The summed E-state index contributed by atoms with van der Waals surface area (Å²) in [5, 5.41) is 0. The smallest absolute Gasteiger partial charge is 0.248 e. The predicted molar refractivity (Wildman–Crippen MR) is 109 cm³/mol.